The molecule has 0 unspecified atom stereocenters. The Labute approximate surface area is 132 Å². The molecule has 1 N–H and O–H groups in total. The van der Waals surface area contributed by atoms with Crippen molar-refractivity contribution < 1.29 is 9.21 Å². The second-order valence-corrected chi connectivity index (χ2v) is 5.80. The molecule has 1 aliphatic rings. The molecule has 2 aromatic carbocycles. The lowest BCUT2D eigenvalue weighted by molar-refractivity contribution is 0.102. The highest BCUT2D eigenvalue weighted by molar-refractivity contribution is 6.05. The first-order valence-electron chi connectivity index (χ1n) is 7.66. The molecule has 4 rings (SSSR count). The zero-order chi connectivity index (χ0) is 15.8. The fourth-order valence-electron chi connectivity index (χ4n) is 3.07. The fourth-order valence-corrected chi connectivity index (χ4v) is 3.07. The Kier molecular flexibility index (Phi) is 3.23. The van der Waals surface area contributed by atoms with Crippen molar-refractivity contribution in [3.8, 4) is 0 Å². The van der Waals surface area contributed by atoms with Gasteiger partial charge in [-0.1, -0.05) is 6.07 Å². The lowest BCUT2D eigenvalue weighted by Gasteiger charge is -2.08. The highest BCUT2D eigenvalue weighted by atomic mass is 16.4. The van der Waals surface area contributed by atoms with Crippen molar-refractivity contribution in [2.45, 2.75) is 19.3 Å². The van der Waals surface area contributed by atoms with Gasteiger partial charge in [0, 0.05) is 22.7 Å². The Hall–Kier alpha value is -2.88. The molecule has 114 valence electrons. The van der Waals surface area contributed by atoms with Crippen LogP contribution in [-0.2, 0) is 12.8 Å². The maximum Gasteiger partial charge on any atom is 0.336 e. The van der Waals surface area contributed by atoms with Gasteiger partial charge in [-0.15, -0.1) is 0 Å². The van der Waals surface area contributed by atoms with Crippen LogP contribution in [0.5, 0.6) is 0 Å². The first-order chi connectivity index (χ1) is 11.2. The molecule has 23 heavy (non-hydrogen) atoms. The van der Waals surface area contributed by atoms with Gasteiger partial charge >= 0.3 is 5.63 Å². The monoisotopic (exact) mass is 305 g/mol. The highest BCUT2D eigenvalue weighted by Crippen LogP contribution is 2.24. The summed E-state index contributed by atoms with van der Waals surface area (Å²) < 4.78 is 5.09. The number of benzene rings is 2. The van der Waals surface area contributed by atoms with E-state index in [2.05, 4.69) is 5.32 Å². The zero-order valence-corrected chi connectivity index (χ0v) is 12.5. The largest absolute Gasteiger partial charge is 0.423 e. The number of aryl methyl sites for hydroxylation is 2. The summed E-state index contributed by atoms with van der Waals surface area (Å²) in [5.74, 6) is -0.128. The number of fused-ring (bicyclic) bond motifs is 2. The van der Waals surface area contributed by atoms with Crippen LogP contribution in [0, 0.1) is 0 Å². The number of carbonyl (C=O) groups excluding carboxylic acids is 1. The fraction of sp³-hybridized carbons (Fsp3) is 0.158. The minimum Gasteiger partial charge on any atom is -0.423 e. The van der Waals surface area contributed by atoms with E-state index in [-0.39, 0.29) is 11.5 Å². The molecule has 1 heterocycles. The van der Waals surface area contributed by atoms with E-state index in [0.717, 1.165) is 24.6 Å². The molecule has 0 radical (unpaired) electrons. The summed E-state index contributed by atoms with van der Waals surface area (Å²) in [6, 6.07) is 14.2. The van der Waals surface area contributed by atoms with Crippen molar-refractivity contribution in [1.29, 1.82) is 0 Å². The summed E-state index contributed by atoms with van der Waals surface area (Å²) in [6.45, 7) is 0. The van der Waals surface area contributed by atoms with Gasteiger partial charge in [-0.05, 0) is 66.8 Å². The maximum atomic E-state index is 12.4. The van der Waals surface area contributed by atoms with Gasteiger partial charge in [-0.2, -0.15) is 0 Å². The molecule has 1 amide bonds. The second-order valence-electron chi connectivity index (χ2n) is 5.80. The van der Waals surface area contributed by atoms with Gasteiger partial charge in [0.25, 0.3) is 5.91 Å². The van der Waals surface area contributed by atoms with E-state index < -0.39 is 0 Å². The SMILES string of the molecule is O=C(Nc1ccc2oc(=O)ccc2c1)c1ccc2c(c1)CCC2. The van der Waals surface area contributed by atoms with Crippen LogP contribution < -0.4 is 10.9 Å². The van der Waals surface area contributed by atoms with E-state index >= 15 is 0 Å². The highest BCUT2D eigenvalue weighted by Gasteiger charge is 2.14. The molecule has 0 aliphatic heterocycles. The summed E-state index contributed by atoms with van der Waals surface area (Å²) in [5.41, 5.74) is 4.10. The van der Waals surface area contributed by atoms with Gasteiger partial charge in [-0.25, -0.2) is 4.79 Å². The molecule has 0 saturated carbocycles. The number of anilines is 1. The molecule has 0 saturated heterocycles. The van der Waals surface area contributed by atoms with Crippen LogP contribution in [0.15, 0.2) is 57.7 Å². The van der Waals surface area contributed by atoms with Crippen molar-refractivity contribution in [1.82, 2.24) is 0 Å². The Morgan fingerprint density at radius 1 is 0.957 bits per heavy atom. The summed E-state index contributed by atoms with van der Waals surface area (Å²) in [4.78, 5) is 23.6. The number of nitrogens with one attached hydrogen (secondary N) is 1. The normalized spacial score (nSPS) is 13.0. The van der Waals surface area contributed by atoms with Crippen molar-refractivity contribution in [3.63, 3.8) is 0 Å². The molecular weight excluding hydrogens is 290 g/mol. The quantitative estimate of drug-likeness (QED) is 0.737. The first-order valence-corrected chi connectivity index (χ1v) is 7.66. The van der Waals surface area contributed by atoms with E-state index in [0.29, 0.717) is 16.8 Å². The molecule has 0 spiro atoms. The van der Waals surface area contributed by atoms with Crippen LogP contribution in [0.1, 0.15) is 27.9 Å². The number of rotatable bonds is 2. The molecular formula is C19H15NO3. The standard InChI is InChI=1S/C19H15NO3/c21-18-9-6-14-11-16(7-8-17(14)23-18)20-19(22)15-5-4-12-2-1-3-13(12)10-15/h4-11H,1-3H2,(H,20,22). The van der Waals surface area contributed by atoms with Gasteiger partial charge in [0.2, 0.25) is 0 Å². The lowest BCUT2D eigenvalue weighted by Crippen LogP contribution is -2.12. The first kappa shape index (κ1) is 13.8. The Balaban J connectivity index is 1.61. The third-order valence-electron chi connectivity index (χ3n) is 4.24. The smallest absolute Gasteiger partial charge is 0.336 e. The van der Waals surface area contributed by atoms with Gasteiger partial charge in [0.05, 0.1) is 0 Å². The van der Waals surface area contributed by atoms with Crippen molar-refractivity contribution in [2.24, 2.45) is 0 Å². The number of hydrogen-bond acceptors (Lipinski definition) is 3. The third kappa shape index (κ3) is 2.63. The van der Waals surface area contributed by atoms with E-state index in [4.69, 9.17) is 4.42 Å². The summed E-state index contributed by atoms with van der Waals surface area (Å²) >= 11 is 0. The second kappa shape index (κ2) is 5.39. The van der Waals surface area contributed by atoms with Gasteiger partial charge in [0.15, 0.2) is 0 Å². The van der Waals surface area contributed by atoms with Gasteiger partial charge in [0.1, 0.15) is 5.58 Å². The molecule has 0 fully saturated rings. The number of carbonyl (C=O) groups is 1. The summed E-state index contributed by atoms with van der Waals surface area (Å²) in [7, 11) is 0. The van der Waals surface area contributed by atoms with E-state index in [9.17, 15) is 9.59 Å². The molecule has 1 aliphatic carbocycles. The van der Waals surface area contributed by atoms with Gasteiger partial charge < -0.3 is 9.73 Å². The predicted octanol–water partition coefficient (Wildman–Crippen LogP) is 3.53. The predicted molar refractivity (Wildman–Crippen MR) is 88.9 cm³/mol. The van der Waals surface area contributed by atoms with Crippen LogP contribution in [0.2, 0.25) is 0 Å². The lowest BCUT2D eigenvalue weighted by atomic mass is 10.1. The molecule has 4 heteroatoms. The minimum atomic E-state index is -0.382. The zero-order valence-electron chi connectivity index (χ0n) is 12.5. The number of amides is 1. The van der Waals surface area contributed by atoms with Crippen LogP contribution in [-0.4, -0.2) is 5.91 Å². The molecule has 0 bridgehead atoms. The summed E-state index contributed by atoms with van der Waals surface area (Å²) in [5, 5.41) is 3.67. The van der Waals surface area contributed by atoms with Crippen LogP contribution in [0.3, 0.4) is 0 Å². The minimum absolute atomic E-state index is 0.128. The van der Waals surface area contributed by atoms with E-state index in [1.807, 2.05) is 18.2 Å². The molecule has 3 aromatic rings. The molecule has 4 nitrogen and oxygen atoms in total. The average molecular weight is 305 g/mol. The van der Waals surface area contributed by atoms with Crippen molar-refractivity contribution >= 4 is 22.6 Å². The Morgan fingerprint density at radius 2 is 1.83 bits per heavy atom. The van der Waals surface area contributed by atoms with Crippen molar-refractivity contribution in [3.05, 3.63) is 75.6 Å². The van der Waals surface area contributed by atoms with E-state index in [1.165, 1.54) is 17.2 Å². The van der Waals surface area contributed by atoms with E-state index in [1.54, 1.807) is 24.3 Å². The average Bonchev–Trinajstić information content (AvgIpc) is 3.02. The third-order valence-corrected chi connectivity index (χ3v) is 4.24. The molecule has 1 aromatic heterocycles. The Bertz CT molecular complexity index is 972. The van der Waals surface area contributed by atoms with Gasteiger partial charge in [-0.3, -0.25) is 4.79 Å². The van der Waals surface area contributed by atoms with Crippen molar-refractivity contribution in [2.75, 3.05) is 5.32 Å². The Morgan fingerprint density at radius 3 is 2.74 bits per heavy atom. The topological polar surface area (TPSA) is 59.3 Å². The number of hydrogen-bond donors (Lipinski definition) is 1. The maximum absolute atomic E-state index is 12.4. The van der Waals surface area contributed by atoms with Crippen LogP contribution in [0.25, 0.3) is 11.0 Å². The summed E-state index contributed by atoms with van der Waals surface area (Å²) in [6.07, 6.45) is 3.31. The molecule has 0 atom stereocenters. The van der Waals surface area contributed by atoms with Crippen LogP contribution in [0.4, 0.5) is 5.69 Å². The van der Waals surface area contributed by atoms with Crippen LogP contribution >= 0.6 is 0 Å².